The van der Waals surface area contributed by atoms with E-state index in [1.807, 2.05) is 10.9 Å². The number of hydrogen-bond acceptors (Lipinski definition) is 4. The topological polar surface area (TPSA) is 62.3 Å². The average Bonchev–Trinajstić information content (AvgIpc) is 2.76. The van der Waals surface area contributed by atoms with Crippen LogP contribution in [0.5, 0.6) is 0 Å². The van der Waals surface area contributed by atoms with Crippen LogP contribution in [0.1, 0.15) is 25.7 Å². The zero-order valence-electron chi connectivity index (χ0n) is 10.2. The second-order valence-corrected chi connectivity index (χ2v) is 4.42. The molecule has 0 amide bonds. The van der Waals surface area contributed by atoms with Crippen LogP contribution < -0.4 is 5.73 Å². The van der Waals surface area contributed by atoms with Crippen LogP contribution >= 0.6 is 0 Å². The van der Waals surface area contributed by atoms with E-state index in [1.165, 1.54) is 12.8 Å². The van der Waals surface area contributed by atoms with Crippen molar-refractivity contribution < 1.29 is 9.47 Å². The van der Waals surface area contributed by atoms with E-state index in [2.05, 4.69) is 5.10 Å². The van der Waals surface area contributed by atoms with Gasteiger partial charge in [0.2, 0.25) is 0 Å². The van der Waals surface area contributed by atoms with Crippen LogP contribution in [0, 0.1) is 0 Å². The third-order valence-electron chi connectivity index (χ3n) is 2.91. The number of nitrogens with zero attached hydrogens (tertiary/aromatic N) is 2. The maximum Gasteiger partial charge on any atom is 0.145 e. The SMILES string of the molecule is Nc1ccn(CCCOCC2CCCCO2)n1. The minimum absolute atomic E-state index is 0.309. The van der Waals surface area contributed by atoms with E-state index >= 15 is 0 Å². The second-order valence-electron chi connectivity index (χ2n) is 4.42. The highest BCUT2D eigenvalue weighted by Crippen LogP contribution is 2.12. The molecule has 1 fully saturated rings. The van der Waals surface area contributed by atoms with Crippen molar-refractivity contribution in [3.05, 3.63) is 12.3 Å². The summed E-state index contributed by atoms with van der Waals surface area (Å²) in [7, 11) is 0. The van der Waals surface area contributed by atoms with Gasteiger partial charge in [-0.3, -0.25) is 4.68 Å². The first kappa shape index (κ1) is 12.4. The maximum absolute atomic E-state index is 5.60. The molecule has 1 aliphatic heterocycles. The normalized spacial score (nSPS) is 20.6. The van der Waals surface area contributed by atoms with E-state index in [-0.39, 0.29) is 0 Å². The predicted octanol–water partition coefficient (Wildman–Crippen LogP) is 1.44. The quantitative estimate of drug-likeness (QED) is 0.763. The van der Waals surface area contributed by atoms with Gasteiger partial charge in [-0.15, -0.1) is 0 Å². The number of rotatable bonds is 6. The molecule has 2 heterocycles. The number of aromatic nitrogens is 2. The summed E-state index contributed by atoms with van der Waals surface area (Å²) in [4.78, 5) is 0. The van der Waals surface area contributed by atoms with Crippen LogP contribution in [-0.2, 0) is 16.0 Å². The first-order valence-corrected chi connectivity index (χ1v) is 6.33. The minimum Gasteiger partial charge on any atom is -0.382 e. The van der Waals surface area contributed by atoms with Gasteiger partial charge in [0.15, 0.2) is 0 Å². The molecule has 96 valence electrons. The molecule has 1 atom stereocenters. The number of nitrogen functional groups attached to an aromatic ring is 1. The minimum atomic E-state index is 0.309. The molecule has 0 spiro atoms. The van der Waals surface area contributed by atoms with Crippen LogP contribution in [-0.4, -0.2) is 35.7 Å². The van der Waals surface area contributed by atoms with E-state index < -0.39 is 0 Å². The van der Waals surface area contributed by atoms with Gasteiger partial charge in [0.05, 0.1) is 12.7 Å². The molecule has 0 aromatic carbocycles. The Morgan fingerprint density at radius 2 is 2.47 bits per heavy atom. The zero-order chi connectivity index (χ0) is 11.9. The highest BCUT2D eigenvalue weighted by molar-refractivity contribution is 5.23. The highest BCUT2D eigenvalue weighted by atomic mass is 16.5. The molecular formula is C12H21N3O2. The molecule has 1 unspecified atom stereocenters. The average molecular weight is 239 g/mol. The third kappa shape index (κ3) is 4.36. The predicted molar refractivity (Wildman–Crippen MR) is 65.7 cm³/mol. The highest BCUT2D eigenvalue weighted by Gasteiger charge is 2.13. The molecule has 5 nitrogen and oxygen atoms in total. The van der Waals surface area contributed by atoms with E-state index in [4.69, 9.17) is 15.2 Å². The van der Waals surface area contributed by atoms with Crippen LogP contribution in [0.15, 0.2) is 12.3 Å². The van der Waals surface area contributed by atoms with Crippen LogP contribution in [0.2, 0.25) is 0 Å². The molecule has 1 saturated heterocycles. The van der Waals surface area contributed by atoms with Gasteiger partial charge < -0.3 is 15.2 Å². The lowest BCUT2D eigenvalue weighted by atomic mass is 10.1. The van der Waals surface area contributed by atoms with Crippen molar-refractivity contribution in [2.75, 3.05) is 25.6 Å². The third-order valence-corrected chi connectivity index (χ3v) is 2.91. The molecule has 0 saturated carbocycles. The monoisotopic (exact) mass is 239 g/mol. The van der Waals surface area contributed by atoms with Crippen LogP contribution in [0.3, 0.4) is 0 Å². The van der Waals surface area contributed by atoms with Gasteiger partial charge in [-0.2, -0.15) is 5.10 Å². The Balaban J connectivity index is 1.51. The Labute approximate surface area is 102 Å². The first-order chi connectivity index (χ1) is 8.34. The van der Waals surface area contributed by atoms with Crippen LogP contribution in [0.25, 0.3) is 0 Å². The Hall–Kier alpha value is -1.07. The fourth-order valence-electron chi connectivity index (χ4n) is 1.98. The molecule has 2 rings (SSSR count). The second kappa shape index (κ2) is 6.61. The molecule has 0 radical (unpaired) electrons. The van der Waals surface area contributed by atoms with Gasteiger partial charge >= 0.3 is 0 Å². The van der Waals surface area contributed by atoms with Gasteiger partial charge in [0.25, 0.3) is 0 Å². The number of ether oxygens (including phenoxy) is 2. The van der Waals surface area contributed by atoms with E-state index in [9.17, 15) is 0 Å². The molecular weight excluding hydrogens is 218 g/mol. The molecule has 5 heteroatoms. The van der Waals surface area contributed by atoms with Gasteiger partial charge in [0, 0.05) is 26.0 Å². The summed E-state index contributed by atoms with van der Waals surface area (Å²) in [6.07, 6.45) is 6.74. The van der Waals surface area contributed by atoms with Gasteiger partial charge in [-0.25, -0.2) is 0 Å². The largest absolute Gasteiger partial charge is 0.382 e. The van der Waals surface area contributed by atoms with Gasteiger partial charge in [-0.05, 0) is 31.7 Å². The van der Waals surface area contributed by atoms with Crippen molar-refractivity contribution in [3.8, 4) is 0 Å². The zero-order valence-corrected chi connectivity index (χ0v) is 10.2. The first-order valence-electron chi connectivity index (χ1n) is 6.33. The van der Waals surface area contributed by atoms with Crippen molar-refractivity contribution in [2.24, 2.45) is 0 Å². The Bertz CT molecular complexity index is 321. The molecule has 1 aliphatic rings. The molecule has 0 aliphatic carbocycles. The van der Waals surface area contributed by atoms with E-state index in [0.29, 0.717) is 11.9 Å². The maximum atomic E-state index is 5.60. The van der Waals surface area contributed by atoms with Crippen molar-refractivity contribution in [1.29, 1.82) is 0 Å². The fourth-order valence-corrected chi connectivity index (χ4v) is 1.98. The molecule has 17 heavy (non-hydrogen) atoms. The number of hydrogen-bond donors (Lipinski definition) is 1. The molecule has 0 bridgehead atoms. The Morgan fingerprint density at radius 1 is 1.53 bits per heavy atom. The lowest BCUT2D eigenvalue weighted by Crippen LogP contribution is -2.24. The lowest BCUT2D eigenvalue weighted by molar-refractivity contribution is -0.0413. The summed E-state index contributed by atoms with van der Waals surface area (Å²) in [5.41, 5.74) is 5.53. The smallest absolute Gasteiger partial charge is 0.145 e. The van der Waals surface area contributed by atoms with Crippen molar-refractivity contribution in [1.82, 2.24) is 9.78 Å². The molecule has 1 aromatic heterocycles. The summed E-state index contributed by atoms with van der Waals surface area (Å²) >= 11 is 0. The summed E-state index contributed by atoms with van der Waals surface area (Å²) in [5, 5.41) is 4.11. The Kier molecular flexibility index (Phi) is 4.82. The van der Waals surface area contributed by atoms with Crippen LogP contribution in [0.4, 0.5) is 5.82 Å². The molecule has 2 N–H and O–H groups in total. The summed E-state index contributed by atoms with van der Waals surface area (Å²) < 4.78 is 13.0. The van der Waals surface area contributed by atoms with E-state index in [1.54, 1.807) is 6.07 Å². The fraction of sp³-hybridized carbons (Fsp3) is 0.750. The van der Waals surface area contributed by atoms with Gasteiger partial charge in [-0.1, -0.05) is 0 Å². The number of nitrogens with two attached hydrogens (primary N) is 1. The molecule has 1 aromatic rings. The Morgan fingerprint density at radius 3 is 3.18 bits per heavy atom. The van der Waals surface area contributed by atoms with Crippen molar-refractivity contribution in [2.45, 2.75) is 38.3 Å². The van der Waals surface area contributed by atoms with E-state index in [0.717, 1.165) is 39.2 Å². The summed E-state index contributed by atoms with van der Waals surface area (Å²) in [5.74, 6) is 0.571. The number of anilines is 1. The number of aryl methyl sites for hydroxylation is 1. The standard InChI is InChI=1S/C12H21N3O2/c13-12-5-7-15(14-12)6-3-8-16-10-11-4-1-2-9-17-11/h5,7,11H,1-4,6,8-10H2,(H2,13,14). The lowest BCUT2D eigenvalue weighted by Gasteiger charge is -2.22. The summed E-state index contributed by atoms with van der Waals surface area (Å²) in [6.45, 7) is 3.21. The van der Waals surface area contributed by atoms with Gasteiger partial charge in [0.1, 0.15) is 5.82 Å². The van der Waals surface area contributed by atoms with Crippen molar-refractivity contribution >= 4 is 5.82 Å². The summed E-state index contributed by atoms with van der Waals surface area (Å²) in [6, 6.07) is 1.80. The van der Waals surface area contributed by atoms with Crippen molar-refractivity contribution in [3.63, 3.8) is 0 Å².